The van der Waals surface area contributed by atoms with Crippen LogP contribution in [0.2, 0.25) is 0 Å². The number of carbonyl (C=O) groups excluding carboxylic acids is 1. The molecule has 7 heteroatoms. The smallest absolute Gasteiger partial charge is 0.410 e. The molecular weight excluding hydrogens is 371 g/mol. The lowest BCUT2D eigenvalue weighted by Gasteiger charge is -2.27. The summed E-state index contributed by atoms with van der Waals surface area (Å²) < 4.78 is 5.38. The van der Waals surface area contributed by atoms with E-state index in [0.29, 0.717) is 25.6 Å². The third-order valence-electron chi connectivity index (χ3n) is 2.28. The molecule has 0 heterocycles. The van der Waals surface area contributed by atoms with Crippen molar-refractivity contribution in [3.05, 3.63) is 0 Å². The van der Waals surface area contributed by atoms with E-state index in [1.165, 1.54) is 0 Å². The summed E-state index contributed by atoms with van der Waals surface area (Å²) >= 11 is 0. The van der Waals surface area contributed by atoms with Gasteiger partial charge in [-0.15, -0.1) is 24.0 Å². The number of guanidine groups is 1. The van der Waals surface area contributed by atoms with Crippen LogP contribution in [0.15, 0.2) is 4.99 Å². The molecule has 1 amide bonds. The van der Waals surface area contributed by atoms with E-state index in [4.69, 9.17) is 4.74 Å². The number of nitrogens with zero attached hydrogens (tertiary/aromatic N) is 2. The molecule has 120 valence electrons. The van der Waals surface area contributed by atoms with Crippen molar-refractivity contribution in [2.45, 2.75) is 39.7 Å². The van der Waals surface area contributed by atoms with Gasteiger partial charge in [-0.25, -0.2) is 4.79 Å². The zero-order chi connectivity index (χ0) is 14.9. The molecule has 0 aromatic rings. The summed E-state index contributed by atoms with van der Waals surface area (Å²) in [6.45, 7) is 9.56. The van der Waals surface area contributed by atoms with Crippen LogP contribution in [0.3, 0.4) is 0 Å². The average Bonchev–Trinajstić information content (AvgIpc) is 2.31. The quantitative estimate of drug-likeness (QED) is 0.421. The number of aliphatic imine (C=N–C) groups is 1. The lowest BCUT2D eigenvalue weighted by molar-refractivity contribution is 0.0253. The predicted octanol–water partition coefficient (Wildman–Crippen LogP) is 2.05. The first kappa shape index (κ1) is 21.6. The Labute approximate surface area is 139 Å². The normalized spacial score (nSPS) is 11.4. The molecule has 0 unspecified atom stereocenters. The Bertz CT molecular complexity index is 303. The van der Waals surface area contributed by atoms with Crippen molar-refractivity contribution in [1.29, 1.82) is 0 Å². The molecule has 0 spiro atoms. The number of amides is 1. The van der Waals surface area contributed by atoms with Gasteiger partial charge in [0, 0.05) is 33.7 Å². The second-order valence-electron chi connectivity index (χ2n) is 5.22. The van der Waals surface area contributed by atoms with E-state index in [1.807, 2.05) is 27.7 Å². The van der Waals surface area contributed by atoms with Crippen molar-refractivity contribution in [3.8, 4) is 0 Å². The van der Waals surface area contributed by atoms with Gasteiger partial charge in [-0.05, 0) is 27.2 Å². The van der Waals surface area contributed by atoms with Gasteiger partial charge in [-0.1, -0.05) is 6.92 Å². The van der Waals surface area contributed by atoms with E-state index in [0.717, 1.165) is 6.42 Å². The Morgan fingerprint density at radius 2 is 1.90 bits per heavy atom. The third kappa shape index (κ3) is 10.1. The van der Waals surface area contributed by atoms with Crippen LogP contribution in [0.25, 0.3) is 0 Å². The van der Waals surface area contributed by atoms with Crippen LogP contribution < -0.4 is 10.6 Å². The molecule has 0 bridgehead atoms. The molecule has 0 saturated heterocycles. The summed E-state index contributed by atoms with van der Waals surface area (Å²) in [4.78, 5) is 17.7. The number of rotatable bonds is 5. The van der Waals surface area contributed by atoms with Gasteiger partial charge in [0.2, 0.25) is 0 Å². The summed E-state index contributed by atoms with van der Waals surface area (Å²) in [6, 6.07) is 0. The SMILES string of the molecule is CCCN(CCNC(=NC)NC)C(=O)OC(C)(C)C.I. The van der Waals surface area contributed by atoms with Gasteiger partial charge in [0.05, 0.1) is 0 Å². The molecule has 0 atom stereocenters. The van der Waals surface area contributed by atoms with E-state index in [9.17, 15) is 4.79 Å². The predicted molar refractivity (Wildman–Crippen MR) is 93.9 cm³/mol. The Kier molecular flexibility index (Phi) is 11.8. The molecule has 2 N–H and O–H groups in total. The minimum atomic E-state index is -0.461. The molecule has 0 rings (SSSR count). The Hall–Kier alpha value is -0.730. The van der Waals surface area contributed by atoms with Gasteiger partial charge in [0.25, 0.3) is 0 Å². The molecule has 0 aliphatic heterocycles. The van der Waals surface area contributed by atoms with Crippen molar-refractivity contribution in [2.24, 2.45) is 4.99 Å². The monoisotopic (exact) mass is 400 g/mol. The highest BCUT2D eigenvalue weighted by molar-refractivity contribution is 14.0. The van der Waals surface area contributed by atoms with Gasteiger partial charge in [0.15, 0.2) is 5.96 Å². The summed E-state index contributed by atoms with van der Waals surface area (Å²) in [5, 5.41) is 6.04. The fourth-order valence-corrected chi connectivity index (χ4v) is 1.48. The summed E-state index contributed by atoms with van der Waals surface area (Å²) in [6.07, 6.45) is 0.635. The zero-order valence-electron chi connectivity index (χ0n) is 13.4. The maximum absolute atomic E-state index is 12.0. The van der Waals surface area contributed by atoms with Crippen LogP contribution in [-0.4, -0.2) is 56.3 Å². The highest BCUT2D eigenvalue weighted by atomic mass is 127. The van der Waals surface area contributed by atoms with Crippen molar-refractivity contribution >= 4 is 36.0 Å². The number of hydrogen-bond donors (Lipinski definition) is 2. The molecule has 6 nitrogen and oxygen atoms in total. The second kappa shape index (κ2) is 11.0. The number of nitrogens with one attached hydrogen (secondary N) is 2. The van der Waals surface area contributed by atoms with Crippen molar-refractivity contribution in [3.63, 3.8) is 0 Å². The minimum Gasteiger partial charge on any atom is -0.444 e. The highest BCUT2D eigenvalue weighted by Crippen LogP contribution is 2.09. The van der Waals surface area contributed by atoms with Gasteiger partial charge in [0.1, 0.15) is 5.60 Å². The number of hydrogen-bond acceptors (Lipinski definition) is 3. The van der Waals surface area contributed by atoms with Crippen LogP contribution >= 0.6 is 24.0 Å². The van der Waals surface area contributed by atoms with E-state index in [-0.39, 0.29) is 30.1 Å². The zero-order valence-corrected chi connectivity index (χ0v) is 15.8. The van der Waals surface area contributed by atoms with Gasteiger partial charge < -0.3 is 20.3 Å². The molecule has 0 radical (unpaired) electrons. The topological polar surface area (TPSA) is 66.0 Å². The molecular formula is C13H29IN4O2. The summed E-state index contributed by atoms with van der Waals surface area (Å²) in [5.74, 6) is 0.709. The summed E-state index contributed by atoms with van der Waals surface area (Å²) in [5.41, 5.74) is -0.461. The maximum atomic E-state index is 12.0. The van der Waals surface area contributed by atoms with Crippen LogP contribution in [0.5, 0.6) is 0 Å². The largest absolute Gasteiger partial charge is 0.444 e. The Morgan fingerprint density at radius 3 is 2.30 bits per heavy atom. The standard InChI is InChI=1S/C13H28N4O2.HI/c1-7-9-17(12(18)19-13(2,3)4)10-8-16-11(14-5)15-6;/h7-10H2,1-6H3,(H2,14,15,16);1H. The molecule has 0 fully saturated rings. The molecule has 0 aromatic heterocycles. The first-order valence-electron chi connectivity index (χ1n) is 6.70. The highest BCUT2D eigenvalue weighted by Gasteiger charge is 2.21. The van der Waals surface area contributed by atoms with Gasteiger partial charge in [-0.2, -0.15) is 0 Å². The Morgan fingerprint density at radius 1 is 1.30 bits per heavy atom. The van der Waals surface area contributed by atoms with Crippen molar-refractivity contribution in [1.82, 2.24) is 15.5 Å². The minimum absolute atomic E-state index is 0. The first-order chi connectivity index (χ1) is 8.84. The lowest BCUT2D eigenvalue weighted by atomic mass is 10.2. The molecule has 0 aliphatic rings. The third-order valence-corrected chi connectivity index (χ3v) is 2.28. The van der Waals surface area contributed by atoms with Crippen LogP contribution in [0.4, 0.5) is 4.79 Å². The number of carbonyl (C=O) groups is 1. The van der Waals surface area contributed by atoms with Crippen LogP contribution in [-0.2, 0) is 4.74 Å². The van der Waals surface area contributed by atoms with E-state index in [1.54, 1.807) is 19.0 Å². The van der Waals surface area contributed by atoms with E-state index in [2.05, 4.69) is 15.6 Å². The fraction of sp³-hybridized carbons (Fsp3) is 0.846. The Balaban J connectivity index is 0. The van der Waals surface area contributed by atoms with Gasteiger partial charge >= 0.3 is 6.09 Å². The average molecular weight is 400 g/mol. The maximum Gasteiger partial charge on any atom is 0.410 e. The number of ether oxygens (including phenoxy) is 1. The first-order valence-corrected chi connectivity index (χ1v) is 6.70. The van der Waals surface area contributed by atoms with E-state index < -0.39 is 5.60 Å². The fourth-order valence-electron chi connectivity index (χ4n) is 1.48. The summed E-state index contributed by atoms with van der Waals surface area (Å²) in [7, 11) is 3.50. The van der Waals surface area contributed by atoms with Gasteiger partial charge in [-0.3, -0.25) is 4.99 Å². The van der Waals surface area contributed by atoms with Crippen LogP contribution in [0, 0.1) is 0 Å². The lowest BCUT2D eigenvalue weighted by Crippen LogP contribution is -2.43. The second-order valence-corrected chi connectivity index (χ2v) is 5.22. The van der Waals surface area contributed by atoms with Crippen molar-refractivity contribution < 1.29 is 9.53 Å². The molecule has 0 aromatic carbocycles. The van der Waals surface area contributed by atoms with E-state index >= 15 is 0 Å². The molecule has 20 heavy (non-hydrogen) atoms. The number of halogens is 1. The van der Waals surface area contributed by atoms with Crippen LogP contribution in [0.1, 0.15) is 34.1 Å². The van der Waals surface area contributed by atoms with Crippen molar-refractivity contribution in [2.75, 3.05) is 33.7 Å². The molecule has 0 aliphatic carbocycles. The molecule has 0 saturated carbocycles.